The van der Waals surface area contributed by atoms with Crippen molar-refractivity contribution in [3.8, 4) is 5.88 Å². The van der Waals surface area contributed by atoms with Crippen LogP contribution in [0.1, 0.15) is 6.42 Å². The molecule has 0 spiro atoms. The average Bonchev–Trinajstić information content (AvgIpc) is 2.98. The molecule has 116 valence electrons. The topological polar surface area (TPSA) is 59.5 Å². The molecule has 2 aromatic rings. The second-order valence-corrected chi connectivity index (χ2v) is 7.39. The molecule has 22 heavy (non-hydrogen) atoms. The van der Waals surface area contributed by atoms with Gasteiger partial charge in [-0.15, -0.1) is 0 Å². The van der Waals surface area contributed by atoms with E-state index in [-0.39, 0.29) is 11.0 Å². The maximum absolute atomic E-state index is 12.6. The monoisotopic (exact) mass is 338 g/mol. The van der Waals surface area contributed by atoms with Gasteiger partial charge in [0, 0.05) is 23.8 Å². The molecule has 0 saturated carbocycles. The van der Waals surface area contributed by atoms with E-state index in [4.69, 9.17) is 16.3 Å². The van der Waals surface area contributed by atoms with Crippen molar-refractivity contribution >= 4 is 21.6 Å². The summed E-state index contributed by atoms with van der Waals surface area (Å²) in [6.45, 7) is 0.754. The van der Waals surface area contributed by atoms with Crippen molar-refractivity contribution in [1.29, 1.82) is 0 Å². The van der Waals surface area contributed by atoms with Gasteiger partial charge < -0.3 is 4.74 Å². The molecule has 0 aliphatic carbocycles. The lowest BCUT2D eigenvalue weighted by Crippen LogP contribution is -2.31. The van der Waals surface area contributed by atoms with E-state index in [9.17, 15) is 8.42 Å². The van der Waals surface area contributed by atoms with E-state index in [1.165, 1.54) is 16.4 Å². The largest absolute Gasteiger partial charge is 0.473 e. The maximum atomic E-state index is 12.6. The summed E-state index contributed by atoms with van der Waals surface area (Å²) in [4.78, 5) is 4.34. The number of pyridine rings is 1. The van der Waals surface area contributed by atoms with E-state index >= 15 is 0 Å². The first-order valence-electron chi connectivity index (χ1n) is 6.89. The van der Waals surface area contributed by atoms with E-state index < -0.39 is 10.0 Å². The van der Waals surface area contributed by atoms with Gasteiger partial charge in [-0.2, -0.15) is 4.31 Å². The van der Waals surface area contributed by atoms with Crippen molar-refractivity contribution in [2.45, 2.75) is 17.4 Å². The Bertz CT molecular complexity index is 735. The summed E-state index contributed by atoms with van der Waals surface area (Å²) in [5.74, 6) is 0.512. The molecule has 1 saturated heterocycles. The summed E-state index contributed by atoms with van der Waals surface area (Å²) in [5.41, 5.74) is 0. The fourth-order valence-corrected chi connectivity index (χ4v) is 3.97. The molecule has 5 nitrogen and oxygen atoms in total. The smallest absolute Gasteiger partial charge is 0.243 e. The summed E-state index contributed by atoms with van der Waals surface area (Å²) >= 11 is 5.80. The zero-order valence-electron chi connectivity index (χ0n) is 11.7. The van der Waals surface area contributed by atoms with Gasteiger partial charge in [0.15, 0.2) is 0 Å². The molecule has 1 aliphatic rings. The highest BCUT2D eigenvalue weighted by Gasteiger charge is 2.33. The Balaban J connectivity index is 1.70. The maximum Gasteiger partial charge on any atom is 0.243 e. The molecule has 3 rings (SSSR count). The zero-order chi connectivity index (χ0) is 15.6. The van der Waals surface area contributed by atoms with E-state index in [1.807, 2.05) is 6.07 Å². The molecule has 1 aromatic heterocycles. The Morgan fingerprint density at radius 3 is 2.64 bits per heavy atom. The lowest BCUT2D eigenvalue weighted by atomic mass is 10.3. The quantitative estimate of drug-likeness (QED) is 0.859. The second kappa shape index (κ2) is 6.24. The molecule has 1 aromatic carbocycles. The molecular formula is C15H15ClN2O3S. The highest BCUT2D eigenvalue weighted by molar-refractivity contribution is 7.89. The summed E-state index contributed by atoms with van der Waals surface area (Å²) in [5, 5.41) is 0.511. The number of hydrogen-bond acceptors (Lipinski definition) is 4. The van der Waals surface area contributed by atoms with E-state index in [2.05, 4.69) is 4.98 Å². The van der Waals surface area contributed by atoms with Crippen LogP contribution in [0.2, 0.25) is 5.02 Å². The summed E-state index contributed by atoms with van der Waals surface area (Å²) < 4.78 is 32.3. The molecule has 1 aliphatic heterocycles. The number of hydrogen-bond donors (Lipinski definition) is 0. The lowest BCUT2D eigenvalue weighted by molar-refractivity contribution is 0.207. The number of sulfonamides is 1. The van der Waals surface area contributed by atoms with Crippen LogP contribution in [0.4, 0.5) is 0 Å². The number of ether oxygens (including phenoxy) is 1. The van der Waals surface area contributed by atoms with Gasteiger partial charge in [-0.05, 0) is 36.8 Å². The predicted octanol–water partition coefficient (Wildman–Crippen LogP) is 2.58. The Kier molecular flexibility index (Phi) is 4.33. The van der Waals surface area contributed by atoms with E-state index in [0.29, 0.717) is 30.4 Å². The molecular weight excluding hydrogens is 324 g/mol. The highest BCUT2D eigenvalue weighted by Crippen LogP contribution is 2.24. The molecule has 1 fully saturated rings. The standard InChI is InChI=1S/C15H15ClN2O3S/c16-12-4-6-14(7-5-12)22(19,20)18-10-8-13(11-18)21-15-3-1-2-9-17-15/h1-7,9,13H,8,10-11H2. The second-order valence-electron chi connectivity index (χ2n) is 5.01. The Hall–Kier alpha value is -1.63. The van der Waals surface area contributed by atoms with Crippen LogP contribution >= 0.6 is 11.6 Å². The lowest BCUT2D eigenvalue weighted by Gasteiger charge is -2.17. The highest BCUT2D eigenvalue weighted by atomic mass is 35.5. The Labute approximate surface area is 134 Å². The minimum absolute atomic E-state index is 0.183. The molecule has 0 bridgehead atoms. The third kappa shape index (κ3) is 3.24. The molecule has 2 heterocycles. The van der Waals surface area contributed by atoms with Gasteiger partial charge in [-0.3, -0.25) is 0 Å². The van der Waals surface area contributed by atoms with Gasteiger partial charge in [0.2, 0.25) is 15.9 Å². The number of benzene rings is 1. The number of rotatable bonds is 4. The van der Waals surface area contributed by atoms with E-state index in [0.717, 1.165) is 0 Å². The molecule has 7 heteroatoms. The number of aromatic nitrogens is 1. The number of halogens is 1. The first-order valence-corrected chi connectivity index (χ1v) is 8.71. The van der Waals surface area contributed by atoms with Crippen LogP contribution in [0.25, 0.3) is 0 Å². The fraction of sp³-hybridized carbons (Fsp3) is 0.267. The van der Waals surface area contributed by atoms with Crippen LogP contribution in [0.5, 0.6) is 5.88 Å². The molecule has 1 atom stereocenters. The van der Waals surface area contributed by atoms with Gasteiger partial charge in [0.1, 0.15) is 6.10 Å². The Morgan fingerprint density at radius 1 is 1.18 bits per heavy atom. The third-order valence-electron chi connectivity index (χ3n) is 3.48. The number of nitrogens with zero attached hydrogens (tertiary/aromatic N) is 2. The normalized spacial score (nSPS) is 19.2. The predicted molar refractivity (Wildman–Crippen MR) is 83.5 cm³/mol. The van der Waals surface area contributed by atoms with Crippen molar-refractivity contribution in [2.75, 3.05) is 13.1 Å². The van der Waals surface area contributed by atoms with Crippen molar-refractivity contribution in [1.82, 2.24) is 9.29 Å². The van der Waals surface area contributed by atoms with Crippen LogP contribution < -0.4 is 4.74 Å². The minimum Gasteiger partial charge on any atom is -0.473 e. The molecule has 0 N–H and O–H groups in total. The van der Waals surface area contributed by atoms with Crippen molar-refractivity contribution in [3.05, 3.63) is 53.7 Å². The third-order valence-corrected chi connectivity index (χ3v) is 5.62. The van der Waals surface area contributed by atoms with Gasteiger partial charge in [-0.1, -0.05) is 17.7 Å². The van der Waals surface area contributed by atoms with E-state index in [1.54, 1.807) is 30.5 Å². The van der Waals surface area contributed by atoms with Gasteiger partial charge in [0.05, 0.1) is 11.4 Å². The molecule has 1 unspecified atom stereocenters. The Morgan fingerprint density at radius 2 is 1.95 bits per heavy atom. The van der Waals surface area contributed by atoms with Crippen LogP contribution in [0.15, 0.2) is 53.6 Å². The van der Waals surface area contributed by atoms with Crippen LogP contribution in [0.3, 0.4) is 0 Å². The molecule has 0 radical (unpaired) electrons. The van der Waals surface area contributed by atoms with Gasteiger partial charge >= 0.3 is 0 Å². The van der Waals surface area contributed by atoms with Crippen LogP contribution in [-0.2, 0) is 10.0 Å². The SMILES string of the molecule is O=S(=O)(c1ccc(Cl)cc1)N1CCC(Oc2ccccn2)C1. The molecule has 0 amide bonds. The minimum atomic E-state index is -3.51. The first kappa shape index (κ1) is 15.3. The summed E-state index contributed by atoms with van der Waals surface area (Å²) in [6, 6.07) is 11.6. The van der Waals surface area contributed by atoms with Crippen LogP contribution in [-0.4, -0.2) is 36.9 Å². The first-order chi connectivity index (χ1) is 10.6. The van der Waals surface area contributed by atoms with Crippen molar-refractivity contribution < 1.29 is 13.2 Å². The van der Waals surface area contributed by atoms with Gasteiger partial charge in [0.25, 0.3) is 0 Å². The van der Waals surface area contributed by atoms with Gasteiger partial charge in [-0.25, -0.2) is 13.4 Å². The summed E-state index contributed by atoms with van der Waals surface area (Å²) in [6.07, 6.45) is 2.10. The van der Waals surface area contributed by atoms with Crippen molar-refractivity contribution in [2.24, 2.45) is 0 Å². The van der Waals surface area contributed by atoms with Crippen LogP contribution in [0, 0.1) is 0 Å². The average molecular weight is 339 g/mol. The summed E-state index contributed by atoms with van der Waals surface area (Å²) in [7, 11) is -3.51. The van der Waals surface area contributed by atoms with Crippen molar-refractivity contribution in [3.63, 3.8) is 0 Å². The fourth-order valence-electron chi connectivity index (χ4n) is 2.36. The zero-order valence-corrected chi connectivity index (χ0v) is 13.3.